The number of aliphatic carboxylic acids is 2. The summed E-state index contributed by atoms with van der Waals surface area (Å²) in [6.45, 7) is 13.5. The Morgan fingerprint density at radius 3 is 2.07 bits per heavy atom. The third-order valence-corrected chi connectivity index (χ3v) is 9.12. The molecule has 0 aliphatic carbocycles. The van der Waals surface area contributed by atoms with Gasteiger partial charge < -0.3 is 25.5 Å². The van der Waals surface area contributed by atoms with Crippen LogP contribution in [0.5, 0.6) is 0 Å². The predicted molar refractivity (Wildman–Crippen MR) is 169 cm³/mol. The molecule has 2 aromatic rings. The van der Waals surface area contributed by atoms with Crippen LogP contribution in [0.2, 0.25) is 0 Å². The van der Waals surface area contributed by atoms with Crippen molar-refractivity contribution in [2.75, 3.05) is 0 Å². The third-order valence-electron chi connectivity index (χ3n) is 9.12. The van der Waals surface area contributed by atoms with Gasteiger partial charge in [-0.2, -0.15) is 0 Å². The number of nitrogens with zero attached hydrogens (tertiary/aromatic N) is 1. The number of carboxylic acids is 2. The molecule has 0 aromatic carbocycles. The topological polar surface area (TPSA) is 165 Å². The van der Waals surface area contributed by atoms with Crippen molar-refractivity contribution in [1.82, 2.24) is 15.3 Å². The number of nitrogens with one attached hydrogen (secondary N) is 3. The van der Waals surface area contributed by atoms with Crippen LogP contribution in [-0.4, -0.2) is 49.6 Å². The average Bonchev–Trinajstić information content (AvgIpc) is 3.57. The van der Waals surface area contributed by atoms with Crippen LogP contribution in [-0.2, 0) is 32.0 Å². The Kier molecular flexibility index (Phi) is 9.32. The largest absolute Gasteiger partial charge is 0.481 e. The fourth-order valence-corrected chi connectivity index (χ4v) is 6.36. The minimum Gasteiger partial charge on any atom is -0.481 e. The summed E-state index contributed by atoms with van der Waals surface area (Å²) in [4.78, 5) is 59.3. The lowest BCUT2D eigenvalue weighted by Crippen LogP contribution is -2.28. The number of carbonyl (C=O) groups excluding carboxylic acids is 2. The summed E-state index contributed by atoms with van der Waals surface area (Å²) in [6.07, 6.45) is 7.45. The number of carboxylic acid groups (broad SMARTS) is 2. The maximum absolute atomic E-state index is 12.7. The Bertz CT molecular complexity index is 1760. The number of allylic oxidation sites excluding steroid dienone is 2. The molecule has 10 heteroatoms. The van der Waals surface area contributed by atoms with E-state index in [4.69, 9.17) is 0 Å². The highest BCUT2D eigenvalue weighted by Crippen LogP contribution is 2.40. The second-order valence-electron chi connectivity index (χ2n) is 12.2. The van der Waals surface area contributed by atoms with E-state index in [9.17, 15) is 29.4 Å². The van der Waals surface area contributed by atoms with Gasteiger partial charge in [-0.15, -0.1) is 0 Å². The van der Waals surface area contributed by atoms with Crippen LogP contribution < -0.4 is 16.0 Å². The fraction of sp³-hybridized carbons (Fsp3) is 0.441. The van der Waals surface area contributed by atoms with Crippen LogP contribution in [0.4, 0.5) is 0 Å². The smallest absolute Gasteiger partial charge is 0.303 e. The zero-order chi connectivity index (χ0) is 32.5. The lowest BCUT2D eigenvalue weighted by Gasteiger charge is -2.22. The lowest BCUT2D eigenvalue weighted by molar-refractivity contribution is -0.138. The molecule has 0 bridgehead atoms. The van der Waals surface area contributed by atoms with Crippen LogP contribution in [0, 0.1) is 25.2 Å². The molecule has 4 heterocycles. The summed E-state index contributed by atoms with van der Waals surface area (Å²) in [6, 6.07) is 0. The van der Waals surface area contributed by atoms with E-state index in [-0.39, 0.29) is 43.4 Å². The first kappa shape index (κ1) is 32.4. The van der Waals surface area contributed by atoms with E-state index < -0.39 is 17.4 Å². The summed E-state index contributed by atoms with van der Waals surface area (Å²) in [5, 5.41) is 23.4. The molecule has 1 atom stereocenters. The highest BCUT2D eigenvalue weighted by atomic mass is 16.4. The van der Waals surface area contributed by atoms with Gasteiger partial charge in [0.05, 0.1) is 11.1 Å². The van der Waals surface area contributed by atoms with E-state index in [0.29, 0.717) is 28.7 Å². The number of hydrogen-bond donors (Lipinski definition) is 5. The fourth-order valence-electron chi connectivity index (χ4n) is 6.36. The molecule has 234 valence electrons. The van der Waals surface area contributed by atoms with E-state index in [2.05, 4.69) is 20.3 Å². The Balaban J connectivity index is 1.91. The normalized spacial score (nSPS) is 19.8. The van der Waals surface area contributed by atoms with Gasteiger partial charge in [0.2, 0.25) is 5.91 Å². The van der Waals surface area contributed by atoms with Crippen molar-refractivity contribution in [3.05, 3.63) is 61.2 Å². The molecule has 2 aliphatic heterocycles. The molecule has 1 unspecified atom stereocenters. The van der Waals surface area contributed by atoms with E-state index in [1.807, 2.05) is 66.7 Å². The number of hydrogen-bond acceptors (Lipinski definition) is 4. The van der Waals surface area contributed by atoms with Crippen molar-refractivity contribution in [3.8, 4) is 0 Å². The SMILES string of the molecule is CCC1=C(C)C(/C=c2/[nH]/c(=C\c3[nH]c(/C=C4\NC(=O)C(C)(C)C4CC)c(C)c3CCC(=O)O)c(CCC(=O)O)c2C)=NC1=O. The monoisotopic (exact) mass is 602 g/mol. The van der Waals surface area contributed by atoms with Crippen LogP contribution in [0.25, 0.3) is 18.2 Å². The molecule has 0 spiro atoms. The minimum atomic E-state index is -0.919. The molecule has 2 aliphatic rings. The molecule has 10 nitrogen and oxygen atoms in total. The van der Waals surface area contributed by atoms with Crippen molar-refractivity contribution in [1.29, 1.82) is 0 Å². The number of aromatic nitrogens is 2. The second kappa shape index (κ2) is 12.6. The van der Waals surface area contributed by atoms with Crippen LogP contribution in [0.15, 0.2) is 21.8 Å². The summed E-state index contributed by atoms with van der Waals surface area (Å²) in [5.74, 6) is -2.09. The zero-order valence-corrected chi connectivity index (χ0v) is 26.5. The van der Waals surface area contributed by atoms with Crippen molar-refractivity contribution in [2.45, 2.75) is 87.0 Å². The molecule has 4 rings (SSSR count). The number of aliphatic imine (C=N–C) groups is 1. The molecule has 2 aromatic heterocycles. The summed E-state index contributed by atoms with van der Waals surface area (Å²) < 4.78 is 0. The van der Waals surface area contributed by atoms with E-state index in [1.165, 1.54) is 0 Å². The van der Waals surface area contributed by atoms with Gasteiger partial charge >= 0.3 is 11.9 Å². The van der Waals surface area contributed by atoms with Gasteiger partial charge in [0.25, 0.3) is 5.91 Å². The maximum atomic E-state index is 12.7. The molecule has 2 amide bonds. The van der Waals surface area contributed by atoms with Crippen molar-refractivity contribution >= 4 is 47.7 Å². The molecule has 5 N–H and O–H groups in total. The van der Waals surface area contributed by atoms with Crippen molar-refractivity contribution < 1.29 is 29.4 Å². The van der Waals surface area contributed by atoms with Crippen LogP contribution in [0.1, 0.15) is 93.9 Å². The number of amides is 2. The van der Waals surface area contributed by atoms with Gasteiger partial charge in [0, 0.05) is 52.1 Å². The van der Waals surface area contributed by atoms with Gasteiger partial charge in [-0.3, -0.25) is 19.2 Å². The lowest BCUT2D eigenvalue weighted by atomic mass is 9.78. The number of aromatic amines is 2. The van der Waals surface area contributed by atoms with Gasteiger partial charge in [0.15, 0.2) is 0 Å². The van der Waals surface area contributed by atoms with Crippen LogP contribution >= 0.6 is 0 Å². The molecule has 1 saturated heterocycles. The highest BCUT2D eigenvalue weighted by Gasteiger charge is 2.44. The first-order chi connectivity index (χ1) is 20.7. The van der Waals surface area contributed by atoms with E-state index in [1.54, 1.807) is 0 Å². The number of H-pyrrole nitrogens is 2. The molecular formula is C34H42N4O6. The first-order valence-electron chi connectivity index (χ1n) is 15.1. The van der Waals surface area contributed by atoms with Crippen molar-refractivity contribution in [2.24, 2.45) is 16.3 Å². The molecule has 0 saturated carbocycles. The van der Waals surface area contributed by atoms with Crippen LogP contribution in [0.3, 0.4) is 0 Å². The van der Waals surface area contributed by atoms with Gasteiger partial charge in [-0.1, -0.05) is 27.7 Å². The molecular weight excluding hydrogens is 560 g/mol. The summed E-state index contributed by atoms with van der Waals surface area (Å²) >= 11 is 0. The Morgan fingerprint density at radius 2 is 1.50 bits per heavy atom. The number of rotatable bonds is 11. The van der Waals surface area contributed by atoms with Gasteiger partial charge in [-0.25, -0.2) is 4.99 Å². The summed E-state index contributed by atoms with van der Waals surface area (Å²) in [5.41, 5.74) is 7.20. The number of carbonyl (C=O) groups is 4. The predicted octanol–water partition coefficient (Wildman–Crippen LogP) is 3.83. The maximum Gasteiger partial charge on any atom is 0.303 e. The average molecular weight is 603 g/mol. The zero-order valence-electron chi connectivity index (χ0n) is 26.5. The summed E-state index contributed by atoms with van der Waals surface area (Å²) in [7, 11) is 0. The first-order valence-corrected chi connectivity index (χ1v) is 15.1. The quantitative estimate of drug-likeness (QED) is 0.262. The minimum absolute atomic E-state index is 0.00971. The highest BCUT2D eigenvalue weighted by molar-refractivity contribution is 6.30. The van der Waals surface area contributed by atoms with Crippen molar-refractivity contribution in [3.63, 3.8) is 0 Å². The second-order valence-corrected chi connectivity index (χ2v) is 12.2. The molecule has 1 fully saturated rings. The third kappa shape index (κ3) is 6.25. The Hall–Kier alpha value is -4.47. The molecule has 0 radical (unpaired) electrons. The van der Waals surface area contributed by atoms with E-state index in [0.717, 1.165) is 51.0 Å². The Labute approximate surface area is 256 Å². The van der Waals surface area contributed by atoms with E-state index >= 15 is 0 Å². The van der Waals surface area contributed by atoms with Gasteiger partial charge in [0.1, 0.15) is 0 Å². The van der Waals surface area contributed by atoms with Gasteiger partial charge in [-0.05, 0) is 92.5 Å². The standard InChI is InChI=1S/C34H42N4O6/c1-8-20-17(3)26(37-32(20)43)14-24-18(4)21(10-12-30(39)40)27(35-24)16-28-22(11-13-31(41)42)19(5)25(36-28)15-29-23(9-2)34(6,7)33(44)38-29/h14-16,23,35-36H,8-13H2,1-7H3,(H,38,44)(H,39,40)(H,41,42)/b24-14+,27-16-,29-15-. The molecule has 44 heavy (non-hydrogen) atoms. The Morgan fingerprint density at radius 1 is 0.864 bits per heavy atom.